The number of aliphatic hydroxyl groups is 1. The molecule has 0 aromatic carbocycles. The second-order valence-corrected chi connectivity index (χ2v) is 12.6. The Morgan fingerprint density at radius 1 is 1.00 bits per heavy atom. The van der Waals surface area contributed by atoms with E-state index in [9.17, 15) is 5.11 Å². The first kappa shape index (κ1) is 20.8. The van der Waals surface area contributed by atoms with Crippen molar-refractivity contribution >= 4 is 0 Å². The Balaban J connectivity index is 1.33. The Bertz CT molecular complexity index is 603. The maximum absolute atomic E-state index is 9.40. The van der Waals surface area contributed by atoms with Crippen molar-refractivity contribution in [3.63, 3.8) is 0 Å². The van der Waals surface area contributed by atoms with Gasteiger partial charge in [-0.1, -0.05) is 40.5 Å². The van der Waals surface area contributed by atoms with E-state index in [0.29, 0.717) is 41.5 Å². The van der Waals surface area contributed by atoms with Gasteiger partial charge in [-0.15, -0.1) is 0 Å². The van der Waals surface area contributed by atoms with Gasteiger partial charge in [-0.25, -0.2) is 0 Å². The molecule has 5 rings (SSSR count). The average molecular weight is 403 g/mol. The Morgan fingerprint density at radius 3 is 2.62 bits per heavy atom. The van der Waals surface area contributed by atoms with E-state index >= 15 is 0 Å². The second-order valence-electron chi connectivity index (χ2n) is 12.6. The highest BCUT2D eigenvalue weighted by atomic mass is 16.5. The van der Waals surface area contributed by atoms with Crippen molar-refractivity contribution in [2.24, 2.45) is 52.3 Å². The van der Waals surface area contributed by atoms with Gasteiger partial charge in [0.1, 0.15) is 0 Å². The molecule has 11 atom stereocenters. The smallest absolute Gasteiger partial charge is 0.0618 e. The van der Waals surface area contributed by atoms with Crippen LogP contribution in [0.25, 0.3) is 0 Å². The largest absolute Gasteiger partial charge is 0.396 e. The molecule has 5 aliphatic rings. The molecular weight excluding hydrogens is 356 g/mol. The van der Waals surface area contributed by atoms with Crippen molar-refractivity contribution in [3.8, 4) is 0 Å². The van der Waals surface area contributed by atoms with Crippen LogP contribution >= 0.6 is 0 Å². The molecule has 0 radical (unpaired) electrons. The molecule has 4 aliphatic carbocycles. The maximum Gasteiger partial charge on any atom is 0.0618 e. The first-order valence-electron chi connectivity index (χ1n) is 13.1. The molecule has 29 heavy (non-hydrogen) atoms. The first-order valence-corrected chi connectivity index (χ1v) is 13.1. The highest BCUT2D eigenvalue weighted by Gasteiger charge is 2.65. The summed E-state index contributed by atoms with van der Waals surface area (Å²) in [5, 5.41) is 9.40. The lowest BCUT2D eigenvalue weighted by atomic mass is 9.44. The van der Waals surface area contributed by atoms with Crippen LogP contribution in [0, 0.1) is 52.3 Å². The summed E-state index contributed by atoms with van der Waals surface area (Å²) in [4.78, 5) is 0. The summed E-state index contributed by atoms with van der Waals surface area (Å²) in [7, 11) is 0. The third-order valence-corrected chi connectivity index (χ3v) is 11.4. The van der Waals surface area contributed by atoms with Gasteiger partial charge in [0.15, 0.2) is 0 Å². The number of fused-ring (bicyclic) bond motifs is 7. The highest BCUT2D eigenvalue weighted by Crippen LogP contribution is 2.70. The number of ether oxygens (including phenoxy) is 1. The zero-order valence-corrected chi connectivity index (χ0v) is 19.5. The number of rotatable bonds is 4. The van der Waals surface area contributed by atoms with Crippen molar-refractivity contribution in [1.82, 2.24) is 0 Å². The minimum absolute atomic E-state index is 0.316. The summed E-state index contributed by atoms with van der Waals surface area (Å²) >= 11 is 0. The number of hydrogen-bond donors (Lipinski definition) is 1. The van der Waals surface area contributed by atoms with Gasteiger partial charge in [0.05, 0.1) is 12.2 Å². The summed E-state index contributed by atoms with van der Waals surface area (Å²) < 4.78 is 6.78. The molecule has 166 valence electrons. The Morgan fingerprint density at radius 2 is 1.83 bits per heavy atom. The van der Waals surface area contributed by atoms with E-state index in [4.69, 9.17) is 4.74 Å². The molecule has 0 spiro atoms. The summed E-state index contributed by atoms with van der Waals surface area (Å²) in [6.45, 7) is 10.4. The predicted molar refractivity (Wildman–Crippen MR) is 119 cm³/mol. The molecule has 1 aliphatic heterocycles. The van der Waals surface area contributed by atoms with Crippen LogP contribution in [0.4, 0.5) is 0 Å². The second kappa shape index (κ2) is 7.51. The number of hydrogen-bond acceptors (Lipinski definition) is 2. The van der Waals surface area contributed by atoms with E-state index in [2.05, 4.69) is 27.7 Å². The van der Waals surface area contributed by atoms with Crippen molar-refractivity contribution < 1.29 is 9.84 Å². The van der Waals surface area contributed by atoms with Gasteiger partial charge in [-0.05, 0) is 110 Å². The quantitative estimate of drug-likeness (QED) is 0.585. The van der Waals surface area contributed by atoms with Crippen LogP contribution in [0.1, 0.15) is 98.3 Å². The van der Waals surface area contributed by atoms with E-state index in [1.807, 2.05) is 0 Å². The van der Waals surface area contributed by atoms with E-state index < -0.39 is 0 Å². The van der Waals surface area contributed by atoms with Gasteiger partial charge < -0.3 is 9.84 Å². The Labute approximate surface area is 179 Å². The van der Waals surface area contributed by atoms with Crippen LogP contribution in [0.5, 0.6) is 0 Å². The first-order chi connectivity index (χ1) is 13.9. The predicted octanol–water partition coefficient (Wildman–Crippen LogP) is 6.46. The van der Waals surface area contributed by atoms with Gasteiger partial charge in [-0.3, -0.25) is 0 Å². The van der Waals surface area contributed by atoms with Crippen molar-refractivity contribution in [1.29, 1.82) is 0 Å². The number of aliphatic hydroxyl groups excluding tert-OH is 1. The average Bonchev–Trinajstić information content (AvgIpc) is 3.19. The molecule has 0 amide bonds. The molecule has 2 nitrogen and oxygen atoms in total. The fourth-order valence-electron chi connectivity index (χ4n) is 9.85. The minimum Gasteiger partial charge on any atom is -0.396 e. The third kappa shape index (κ3) is 3.09. The van der Waals surface area contributed by atoms with E-state index in [1.165, 1.54) is 57.8 Å². The lowest BCUT2D eigenvalue weighted by molar-refractivity contribution is -0.115. The lowest BCUT2D eigenvalue weighted by Crippen LogP contribution is -2.53. The van der Waals surface area contributed by atoms with Crippen LogP contribution in [0.2, 0.25) is 0 Å². The molecule has 1 N–H and O–H groups in total. The summed E-state index contributed by atoms with van der Waals surface area (Å²) in [6.07, 6.45) is 16.5. The van der Waals surface area contributed by atoms with Crippen LogP contribution < -0.4 is 0 Å². The normalized spacial score (nSPS) is 54.9. The fourth-order valence-corrected chi connectivity index (χ4v) is 9.85. The van der Waals surface area contributed by atoms with Gasteiger partial charge in [-0.2, -0.15) is 0 Å². The van der Waals surface area contributed by atoms with E-state index in [-0.39, 0.29) is 0 Å². The molecule has 4 saturated carbocycles. The van der Waals surface area contributed by atoms with E-state index in [0.717, 1.165) is 42.4 Å². The molecular formula is C27H46O2. The Kier molecular flexibility index (Phi) is 5.38. The molecule has 1 saturated heterocycles. The molecule has 2 heteroatoms. The van der Waals surface area contributed by atoms with Gasteiger partial charge >= 0.3 is 0 Å². The molecule has 0 aromatic rings. The van der Waals surface area contributed by atoms with Crippen molar-refractivity contribution in [3.05, 3.63) is 0 Å². The zero-order valence-electron chi connectivity index (χ0n) is 19.5. The van der Waals surface area contributed by atoms with Gasteiger partial charge in [0.25, 0.3) is 0 Å². The topological polar surface area (TPSA) is 29.5 Å². The molecule has 4 unspecified atom stereocenters. The third-order valence-electron chi connectivity index (χ3n) is 11.4. The molecule has 0 aromatic heterocycles. The Hall–Kier alpha value is -0.0800. The monoisotopic (exact) mass is 402 g/mol. The molecule has 0 bridgehead atoms. The molecule has 1 heterocycles. The summed E-state index contributed by atoms with van der Waals surface area (Å²) in [5.41, 5.74) is 1.16. The van der Waals surface area contributed by atoms with Gasteiger partial charge in [0, 0.05) is 6.61 Å². The summed E-state index contributed by atoms with van der Waals surface area (Å²) in [5.74, 6) is 5.79. The minimum atomic E-state index is 0.316. The zero-order chi connectivity index (χ0) is 20.4. The van der Waals surface area contributed by atoms with Crippen LogP contribution in [-0.4, -0.2) is 23.9 Å². The van der Waals surface area contributed by atoms with Gasteiger partial charge in [0.2, 0.25) is 0 Å². The van der Waals surface area contributed by atoms with Crippen LogP contribution in [0.3, 0.4) is 0 Å². The van der Waals surface area contributed by atoms with Crippen LogP contribution in [0.15, 0.2) is 0 Å². The standard InChI is InChI=1S/C27H46O2/c1-17(16-28)8-11-23-18(2)25-24(29-23)15-22-20-10-9-19-7-5-6-13-26(19,3)21(20)12-14-27(22,25)4/h17-25,28H,5-16H2,1-4H3/t17?,18?,19-,20+,21-,22-,23+,24?,25?,26-,27-/m0/s1. The highest BCUT2D eigenvalue weighted by molar-refractivity contribution is 5.13. The van der Waals surface area contributed by atoms with Crippen molar-refractivity contribution in [2.75, 3.05) is 6.61 Å². The van der Waals surface area contributed by atoms with Crippen molar-refractivity contribution in [2.45, 2.75) is 111 Å². The van der Waals surface area contributed by atoms with E-state index in [1.54, 1.807) is 0 Å². The molecule has 5 fully saturated rings. The maximum atomic E-state index is 9.40. The SMILES string of the molecule is CC(CO)CC[C@H]1OC2C[C@H]3[C@@H]4CC[C@@H]5CCCC[C@]5(C)[C@H]4CC[C@]3(C)C2C1C. The fraction of sp³-hybridized carbons (Fsp3) is 1.00. The summed E-state index contributed by atoms with van der Waals surface area (Å²) in [6, 6.07) is 0. The lowest BCUT2D eigenvalue weighted by Gasteiger charge is -2.60. The van der Waals surface area contributed by atoms with Crippen LogP contribution in [-0.2, 0) is 4.74 Å².